The number of amides is 2. The van der Waals surface area contributed by atoms with Gasteiger partial charge in [0, 0.05) is 24.3 Å². The van der Waals surface area contributed by atoms with E-state index >= 15 is 0 Å². The Balaban J connectivity index is 0.00000288. The summed E-state index contributed by atoms with van der Waals surface area (Å²) < 4.78 is 0. The van der Waals surface area contributed by atoms with Crippen LogP contribution in [0.2, 0.25) is 0 Å². The molecule has 1 fully saturated rings. The number of benzene rings is 1. The predicted octanol–water partition coefficient (Wildman–Crippen LogP) is 2.03. The average molecular weight is 391 g/mol. The molecule has 0 radical (unpaired) electrons. The maximum absolute atomic E-state index is 12.1. The van der Waals surface area contributed by atoms with Crippen LogP contribution in [0.15, 0.2) is 24.3 Å². The summed E-state index contributed by atoms with van der Waals surface area (Å²) in [6, 6.07) is 6.34. The fourth-order valence-corrected chi connectivity index (χ4v) is 2.56. The third-order valence-corrected chi connectivity index (χ3v) is 4.10. The minimum absolute atomic E-state index is 0. The number of nitrogens with zero attached hydrogens (tertiary/aromatic N) is 1. The van der Waals surface area contributed by atoms with Crippen LogP contribution in [-0.2, 0) is 4.79 Å². The summed E-state index contributed by atoms with van der Waals surface area (Å²) in [6.45, 7) is 5.67. The van der Waals surface area contributed by atoms with Gasteiger partial charge < -0.3 is 21.3 Å². The number of halogens is 2. The van der Waals surface area contributed by atoms with E-state index in [1.807, 2.05) is 6.92 Å². The smallest absolute Gasteiger partial charge is 0.251 e. The molecule has 1 heterocycles. The van der Waals surface area contributed by atoms with Crippen molar-refractivity contribution >= 4 is 42.3 Å². The van der Waals surface area contributed by atoms with E-state index in [0.29, 0.717) is 24.2 Å². The number of anilines is 1. The molecule has 1 saturated heterocycles. The van der Waals surface area contributed by atoms with Crippen molar-refractivity contribution in [1.82, 2.24) is 10.2 Å². The number of rotatable bonds is 7. The molecule has 8 heteroatoms. The highest BCUT2D eigenvalue weighted by Crippen LogP contribution is 2.10. The third kappa shape index (κ3) is 7.61. The molecule has 4 N–H and O–H groups in total. The molecule has 0 spiro atoms. The lowest BCUT2D eigenvalue weighted by Gasteiger charge is -2.15. The van der Waals surface area contributed by atoms with Gasteiger partial charge in [0.1, 0.15) is 0 Å². The maximum atomic E-state index is 12.1. The minimum Gasteiger partial charge on any atom is -0.351 e. The van der Waals surface area contributed by atoms with E-state index in [1.165, 1.54) is 12.8 Å². The van der Waals surface area contributed by atoms with Crippen LogP contribution in [0.1, 0.15) is 36.5 Å². The third-order valence-electron chi connectivity index (χ3n) is 4.10. The van der Waals surface area contributed by atoms with E-state index in [9.17, 15) is 9.59 Å². The van der Waals surface area contributed by atoms with Crippen molar-refractivity contribution in [1.29, 1.82) is 0 Å². The molecule has 0 bridgehead atoms. The zero-order valence-corrected chi connectivity index (χ0v) is 16.1. The van der Waals surface area contributed by atoms with Gasteiger partial charge in [-0.2, -0.15) is 0 Å². The summed E-state index contributed by atoms with van der Waals surface area (Å²) in [6.07, 6.45) is 3.09. The lowest BCUT2D eigenvalue weighted by molar-refractivity contribution is -0.117. The van der Waals surface area contributed by atoms with Crippen molar-refractivity contribution in [3.8, 4) is 0 Å². The molecular weight excluding hydrogens is 363 g/mol. The van der Waals surface area contributed by atoms with Gasteiger partial charge in [-0.15, -0.1) is 24.8 Å². The van der Waals surface area contributed by atoms with E-state index in [-0.39, 0.29) is 36.6 Å². The van der Waals surface area contributed by atoms with E-state index in [0.717, 1.165) is 19.6 Å². The molecular formula is C17H28Cl2N4O2. The minimum atomic E-state index is -0.511. The van der Waals surface area contributed by atoms with Crippen molar-refractivity contribution in [2.45, 2.75) is 32.2 Å². The Kier molecular flexibility index (Phi) is 11.4. The van der Waals surface area contributed by atoms with Crippen molar-refractivity contribution in [2.24, 2.45) is 5.73 Å². The quantitative estimate of drug-likeness (QED) is 0.664. The molecule has 0 aliphatic carbocycles. The fourth-order valence-electron chi connectivity index (χ4n) is 2.56. The largest absolute Gasteiger partial charge is 0.351 e. The Bertz CT molecular complexity index is 534. The topological polar surface area (TPSA) is 87.5 Å². The Morgan fingerprint density at radius 1 is 1.16 bits per heavy atom. The van der Waals surface area contributed by atoms with Gasteiger partial charge in [0.15, 0.2) is 0 Å². The summed E-state index contributed by atoms with van der Waals surface area (Å²) in [5.41, 5.74) is 6.90. The molecule has 2 rings (SSSR count). The molecule has 1 aromatic carbocycles. The summed E-state index contributed by atoms with van der Waals surface area (Å²) >= 11 is 0. The van der Waals surface area contributed by atoms with Gasteiger partial charge >= 0.3 is 0 Å². The first-order valence-corrected chi connectivity index (χ1v) is 8.27. The van der Waals surface area contributed by atoms with Crippen LogP contribution < -0.4 is 16.4 Å². The first kappa shape index (κ1) is 23.7. The summed E-state index contributed by atoms with van der Waals surface area (Å²) in [7, 11) is 0. The second-order valence-electron chi connectivity index (χ2n) is 5.89. The SMILES string of the molecule is CC[C@H](N)C(=O)Nc1ccc(C(=O)NCCN2CCCC2)cc1.Cl.Cl. The number of carbonyl (C=O) groups is 2. The fraction of sp³-hybridized carbons (Fsp3) is 0.529. The molecule has 25 heavy (non-hydrogen) atoms. The Labute approximate surface area is 161 Å². The molecule has 0 unspecified atom stereocenters. The normalized spacial score (nSPS) is 14.8. The second kappa shape index (κ2) is 12.1. The number of hydrogen-bond acceptors (Lipinski definition) is 4. The van der Waals surface area contributed by atoms with Crippen LogP contribution in [-0.4, -0.2) is 48.9 Å². The Hall–Kier alpha value is -1.34. The van der Waals surface area contributed by atoms with Gasteiger partial charge in [-0.05, 0) is 56.6 Å². The second-order valence-corrected chi connectivity index (χ2v) is 5.89. The predicted molar refractivity (Wildman–Crippen MR) is 106 cm³/mol. The van der Waals surface area contributed by atoms with Crippen LogP contribution in [0.3, 0.4) is 0 Å². The maximum Gasteiger partial charge on any atom is 0.251 e. The molecule has 142 valence electrons. The van der Waals surface area contributed by atoms with E-state index in [2.05, 4.69) is 15.5 Å². The number of hydrogen-bond donors (Lipinski definition) is 3. The van der Waals surface area contributed by atoms with Crippen LogP contribution in [0.4, 0.5) is 5.69 Å². The molecule has 6 nitrogen and oxygen atoms in total. The molecule has 2 amide bonds. The number of nitrogens with one attached hydrogen (secondary N) is 2. The van der Waals surface area contributed by atoms with Gasteiger partial charge in [-0.3, -0.25) is 9.59 Å². The van der Waals surface area contributed by atoms with Crippen LogP contribution >= 0.6 is 24.8 Å². The molecule has 0 saturated carbocycles. The standard InChI is InChI=1S/C17H26N4O2.2ClH/c1-2-15(18)17(23)20-14-7-5-13(6-8-14)16(22)19-9-12-21-10-3-4-11-21;;/h5-8,15H,2-4,9-12,18H2,1H3,(H,19,22)(H,20,23);2*1H/t15-;;/m0../s1. The van der Waals surface area contributed by atoms with Crippen LogP contribution in [0.5, 0.6) is 0 Å². The van der Waals surface area contributed by atoms with Crippen molar-refractivity contribution in [3.05, 3.63) is 29.8 Å². The zero-order chi connectivity index (χ0) is 16.7. The van der Waals surface area contributed by atoms with E-state index < -0.39 is 6.04 Å². The van der Waals surface area contributed by atoms with Crippen molar-refractivity contribution < 1.29 is 9.59 Å². The molecule has 1 aromatic rings. The lowest BCUT2D eigenvalue weighted by atomic mass is 10.1. The lowest BCUT2D eigenvalue weighted by Crippen LogP contribution is -2.35. The van der Waals surface area contributed by atoms with Gasteiger partial charge in [-0.1, -0.05) is 6.92 Å². The van der Waals surface area contributed by atoms with Gasteiger partial charge in [0.05, 0.1) is 6.04 Å². The van der Waals surface area contributed by atoms with E-state index in [1.54, 1.807) is 24.3 Å². The van der Waals surface area contributed by atoms with Crippen molar-refractivity contribution in [2.75, 3.05) is 31.5 Å². The van der Waals surface area contributed by atoms with Crippen LogP contribution in [0.25, 0.3) is 0 Å². The Morgan fingerprint density at radius 3 is 2.32 bits per heavy atom. The monoisotopic (exact) mass is 390 g/mol. The van der Waals surface area contributed by atoms with Crippen molar-refractivity contribution in [3.63, 3.8) is 0 Å². The van der Waals surface area contributed by atoms with E-state index in [4.69, 9.17) is 5.73 Å². The summed E-state index contributed by atoms with van der Waals surface area (Å²) in [5.74, 6) is -0.303. The first-order chi connectivity index (χ1) is 11.1. The summed E-state index contributed by atoms with van der Waals surface area (Å²) in [5, 5.41) is 5.66. The highest BCUT2D eigenvalue weighted by atomic mass is 35.5. The summed E-state index contributed by atoms with van der Waals surface area (Å²) in [4.78, 5) is 26.1. The highest BCUT2D eigenvalue weighted by Gasteiger charge is 2.13. The number of likely N-dealkylation sites (tertiary alicyclic amines) is 1. The first-order valence-electron chi connectivity index (χ1n) is 8.27. The average Bonchev–Trinajstić information content (AvgIpc) is 3.08. The molecule has 1 atom stereocenters. The number of carbonyl (C=O) groups excluding carboxylic acids is 2. The zero-order valence-electron chi connectivity index (χ0n) is 14.5. The number of nitrogens with two attached hydrogens (primary N) is 1. The molecule has 0 aromatic heterocycles. The van der Waals surface area contributed by atoms with Gasteiger partial charge in [0.25, 0.3) is 5.91 Å². The van der Waals surface area contributed by atoms with Crippen LogP contribution in [0, 0.1) is 0 Å². The molecule has 1 aliphatic rings. The Morgan fingerprint density at radius 2 is 1.76 bits per heavy atom. The highest BCUT2D eigenvalue weighted by molar-refractivity contribution is 5.97. The van der Waals surface area contributed by atoms with Gasteiger partial charge in [-0.25, -0.2) is 0 Å². The molecule has 1 aliphatic heterocycles. The van der Waals surface area contributed by atoms with Gasteiger partial charge in [0.2, 0.25) is 5.91 Å².